The van der Waals surface area contributed by atoms with Gasteiger partial charge in [0.05, 0.1) is 5.92 Å². The van der Waals surface area contributed by atoms with Gasteiger partial charge >= 0.3 is 0 Å². The van der Waals surface area contributed by atoms with Crippen LogP contribution in [0.3, 0.4) is 0 Å². The molecular weight excluding hydrogens is 358 g/mol. The first kappa shape index (κ1) is 17.7. The third-order valence-electron chi connectivity index (χ3n) is 4.88. The summed E-state index contributed by atoms with van der Waals surface area (Å²) in [6.45, 7) is 4.25. The van der Waals surface area contributed by atoms with E-state index in [1.807, 2.05) is 29.1 Å². The molecule has 3 heterocycles. The first-order chi connectivity index (χ1) is 13.2. The minimum atomic E-state index is -0.0110. The average Bonchev–Trinajstić information content (AvgIpc) is 3.39. The lowest BCUT2D eigenvalue weighted by atomic mass is 9.97. The Morgan fingerprint density at radius 3 is 2.70 bits per heavy atom. The van der Waals surface area contributed by atoms with E-state index in [4.69, 9.17) is 0 Å². The number of carbonyl (C=O) groups excluding carboxylic acids is 1. The molecule has 0 unspecified atom stereocenters. The normalized spacial score (nSPS) is 17.1. The molecule has 1 aromatic carbocycles. The number of hydrogen-bond donors (Lipinski definition) is 1. The maximum Gasteiger partial charge on any atom is 0.225 e. The Morgan fingerprint density at radius 1 is 1.19 bits per heavy atom. The lowest BCUT2D eigenvalue weighted by Gasteiger charge is -2.31. The predicted octanol–water partition coefficient (Wildman–Crippen LogP) is 3.17. The fourth-order valence-electron chi connectivity index (χ4n) is 3.31. The zero-order chi connectivity index (χ0) is 18.6. The maximum atomic E-state index is 12.6. The molecule has 1 fully saturated rings. The fraction of sp³-hybridized carbons (Fsp3) is 0.350. The molecule has 27 heavy (non-hydrogen) atoms. The second-order valence-corrected chi connectivity index (χ2v) is 7.88. The van der Waals surface area contributed by atoms with Crippen LogP contribution in [0.15, 0.2) is 48.8 Å². The Kier molecular flexibility index (Phi) is 5.20. The van der Waals surface area contributed by atoms with E-state index >= 15 is 0 Å². The second kappa shape index (κ2) is 7.92. The van der Waals surface area contributed by atoms with Crippen molar-refractivity contribution in [1.29, 1.82) is 0 Å². The molecule has 1 N–H and O–H groups in total. The van der Waals surface area contributed by atoms with Crippen LogP contribution >= 0.6 is 11.3 Å². The molecular formula is C20H23N5OS. The van der Waals surface area contributed by atoms with Crippen molar-refractivity contribution in [1.82, 2.24) is 20.1 Å². The summed E-state index contributed by atoms with van der Waals surface area (Å²) in [5.41, 5.74) is 2.35. The number of nitrogens with one attached hydrogen (secondary N) is 1. The van der Waals surface area contributed by atoms with E-state index in [0.29, 0.717) is 13.1 Å². The number of nitrogens with zero attached hydrogens (tertiary/aromatic N) is 4. The van der Waals surface area contributed by atoms with Crippen molar-refractivity contribution >= 4 is 22.4 Å². The van der Waals surface area contributed by atoms with Crippen molar-refractivity contribution < 1.29 is 4.79 Å². The molecule has 4 rings (SSSR count). The lowest BCUT2D eigenvalue weighted by molar-refractivity contribution is -0.125. The van der Waals surface area contributed by atoms with Gasteiger partial charge in [-0.05, 0) is 37.5 Å². The van der Waals surface area contributed by atoms with E-state index in [1.54, 1.807) is 11.3 Å². The first-order valence-corrected chi connectivity index (χ1v) is 10.1. The third kappa shape index (κ3) is 4.19. The molecule has 1 aliphatic rings. The van der Waals surface area contributed by atoms with Crippen molar-refractivity contribution in [3.05, 3.63) is 59.9 Å². The minimum Gasteiger partial charge on any atom is -0.352 e. The van der Waals surface area contributed by atoms with E-state index in [2.05, 4.69) is 51.6 Å². The van der Waals surface area contributed by atoms with Crippen LogP contribution in [0, 0.1) is 12.8 Å². The molecule has 1 atom stereocenters. The SMILES string of the molecule is Cc1ccc(CNC(=O)[C@H]2CCCN(c3nnc(-n4cccc4)s3)C2)cc1. The van der Waals surface area contributed by atoms with Crippen LogP contribution < -0.4 is 10.2 Å². The summed E-state index contributed by atoms with van der Waals surface area (Å²) < 4.78 is 1.96. The van der Waals surface area contributed by atoms with Gasteiger partial charge in [-0.3, -0.25) is 9.36 Å². The predicted molar refractivity (Wildman–Crippen MR) is 107 cm³/mol. The zero-order valence-electron chi connectivity index (χ0n) is 15.3. The van der Waals surface area contributed by atoms with E-state index in [9.17, 15) is 4.79 Å². The van der Waals surface area contributed by atoms with Gasteiger partial charge in [0.1, 0.15) is 0 Å². The number of benzene rings is 1. The molecule has 6 nitrogen and oxygen atoms in total. The highest BCUT2D eigenvalue weighted by Gasteiger charge is 2.27. The highest BCUT2D eigenvalue weighted by atomic mass is 32.1. The number of aromatic nitrogens is 3. The first-order valence-electron chi connectivity index (χ1n) is 9.24. The Bertz CT molecular complexity index is 888. The van der Waals surface area contributed by atoms with Crippen molar-refractivity contribution in [3.63, 3.8) is 0 Å². The van der Waals surface area contributed by atoms with Crippen molar-refractivity contribution in [2.24, 2.45) is 5.92 Å². The maximum absolute atomic E-state index is 12.6. The summed E-state index contributed by atoms with van der Waals surface area (Å²) in [4.78, 5) is 14.8. The second-order valence-electron chi connectivity index (χ2n) is 6.95. The van der Waals surface area contributed by atoms with Gasteiger partial charge in [-0.1, -0.05) is 41.2 Å². The molecule has 3 aromatic rings. The molecule has 2 aromatic heterocycles. The summed E-state index contributed by atoms with van der Waals surface area (Å²) in [5, 5.41) is 13.4. The molecule has 1 aliphatic heterocycles. The van der Waals surface area contributed by atoms with Crippen LogP contribution in [0.2, 0.25) is 0 Å². The van der Waals surface area contributed by atoms with E-state index in [0.717, 1.165) is 35.2 Å². The Hall–Kier alpha value is -2.67. The summed E-state index contributed by atoms with van der Waals surface area (Å²) >= 11 is 1.56. The number of hydrogen-bond acceptors (Lipinski definition) is 5. The van der Waals surface area contributed by atoms with Gasteiger partial charge in [0.25, 0.3) is 0 Å². The molecule has 140 valence electrons. The van der Waals surface area contributed by atoms with Crippen LogP contribution in [-0.4, -0.2) is 33.8 Å². The van der Waals surface area contributed by atoms with E-state index in [1.165, 1.54) is 5.56 Å². The summed E-state index contributed by atoms with van der Waals surface area (Å²) in [7, 11) is 0. The van der Waals surface area contributed by atoms with Gasteiger partial charge in [0.2, 0.25) is 16.2 Å². The Morgan fingerprint density at radius 2 is 1.93 bits per heavy atom. The van der Waals surface area contributed by atoms with Crippen LogP contribution in [-0.2, 0) is 11.3 Å². The largest absolute Gasteiger partial charge is 0.352 e. The molecule has 0 bridgehead atoms. The third-order valence-corrected chi connectivity index (χ3v) is 5.88. The average molecular weight is 382 g/mol. The number of anilines is 1. The van der Waals surface area contributed by atoms with Crippen molar-refractivity contribution in [2.75, 3.05) is 18.0 Å². The van der Waals surface area contributed by atoms with Gasteiger partial charge in [-0.25, -0.2) is 0 Å². The minimum absolute atomic E-state index is 0.0110. The quantitative estimate of drug-likeness (QED) is 0.737. The van der Waals surface area contributed by atoms with Gasteiger partial charge in [0, 0.05) is 32.0 Å². The highest BCUT2D eigenvalue weighted by molar-refractivity contribution is 7.17. The summed E-state index contributed by atoms with van der Waals surface area (Å²) in [5.74, 6) is 0.110. The van der Waals surface area contributed by atoms with E-state index in [-0.39, 0.29) is 11.8 Å². The number of carbonyl (C=O) groups is 1. The summed E-state index contributed by atoms with van der Waals surface area (Å²) in [6.07, 6.45) is 5.82. The highest BCUT2D eigenvalue weighted by Crippen LogP contribution is 2.28. The standard InChI is InChI=1S/C20H23N5OS/c1-15-6-8-16(9-7-15)13-21-18(26)17-5-4-12-25(14-17)20-23-22-19(27-20)24-10-2-3-11-24/h2-3,6-11,17H,4-5,12-14H2,1H3,(H,21,26)/t17-/m0/s1. The number of aryl methyl sites for hydroxylation is 1. The number of amides is 1. The van der Waals surface area contributed by atoms with Gasteiger partial charge in [-0.2, -0.15) is 0 Å². The van der Waals surface area contributed by atoms with Crippen molar-refractivity contribution in [3.8, 4) is 5.13 Å². The monoisotopic (exact) mass is 381 g/mol. The summed E-state index contributed by atoms with van der Waals surface area (Å²) in [6, 6.07) is 12.2. The molecule has 0 spiro atoms. The molecule has 0 radical (unpaired) electrons. The molecule has 0 aliphatic carbocycles. The molecule has 1 amide bonds. The molecule has 1 saturated heterocycles. The Labute approximate surface area is 162 Å². The van der Waals surface area contributed by atoms with Crippen LogP contribution in [0.25, 0.3) is 5.13 Å². The lowest BCUT2D eigenvalue weighted by Crippen LogP contribution is -2.43. The number of piperidine rings is 1. The van der Waals surface area contributed by atoms with E-state index < -0.39 is 0 Å². The Balaban J connectivity index is 1.36. The van der Waals surface area contributed by atoms with Gasteiger partial charge in [-0.15, -0.1) is 10.2 Å². The van der Waals surface area contributed by atoms with Gasteiger partial charge in [0.15, 0.2) is 0 Å². The van der Waals surface area contributed by atoms with Crippen LogP contribution in [0.4, 0.5) is 5.13 Å². The zero-order valence-corrected chi connectivity index (χ0v) is 16.2. The van der Waals surface area contributed by atoms with Crippen LogP contribution in [0.5, 0.6) is 0 Å². The van der Waals surface area contributed by atoms with Crippen molar-refractivity contribution in [2.45, 2.75) is 26.3 Å². The molecule has 7 heteroatoms. The van der Waals surface area contributed by atoms with Gasteiger partial charge < -0.3 is 10.2 Å². The molecule has 0 saturated carbocycles. The number of rotatable bonds is 5. The fourth-order valence-corrected chi connectivity index (χ4v) is 4.16. The topological polar surface area (TPSA) is 63.1 Å². The smallest absolute Gasteiger partial charge is 0.225 e. The van der Waals surface area contributed by atoms with Crippen LogP contribution in [0.1, 0.15) is 24.0 Å².